The van der Waals surface area contributed by atoms with Crippen molar-refractivity contribution in [3.8, 4) is 0 Å². The average molecular weight is 405 g/mol. The third-order valence-corrected chi connectivity index (χ3v) is 89.5. The second kappa shape index (κ2) is 1.81. The van der Waals surface area contributed by atoms with E-state index in [4.69, 9.17) is 18.6 Å². The maximum absolute atomic E-state index is 8.49. The molecule has 0 heterocycles. The number of allylic oxidation sites excluding steroid dienone is 4. The summed E-state index contributed by atoms with van der Waals surface area (Å²) in [5.74, 6) is 0. The van der Waals surface area contributed by atoms with Crippen molar-refractivity contribution >= 4 is 25.3 Å². The molecular formula is C17H40Cl2NSiTi. The van der Waals surface area contributed by atoms with Crippen molar-refractivity contribution in [3.05, 3.63) is 24.3 Å². The van der Waals surface area contributed by atoms with Gasteiger partial charge in [-0.2, -0.15) is 0 Å². The molecule has 135 valence electrons. The molecule has 1 nitrogen and oxygen atoms in total. The fourth-order valence-electron chi connectivity index (χ4n) is 5.52. The van der Waals surface area contributed by atoms with Crippen LogP contribution in [0.4, 0.5) is 0 Å². The van der Waals surface area contributed by atoms with Gasteiger partial charge in [-0.3, -0.25) is 0 Å². The molecule has 0 unspecified atom stereocenters. The Morgan fingerprint density at radius 2 is 1.18 bits per heavy atom. The zero-order chi connectivity index (χ0) is 18.5. The van der Waals surface area contributed by atoms with Crippen molar-refractivity contribution in [3.63, 3.8) is 0 Å². The van der Waals surface area contributed by atoms with Crippen LogP contribution in [0.5, 0.6) is 0 Å². The van der Waals surface area contributed by atoms with Crippen LogP contribution in [-0.4, -0.2) is 12.2 Å². The summed E-state index contributed by atoms with van der Waals surface area (Å²) in [5, 5.41) is 6.10. The first-order valence-corrected chi connectivity index (χ1v) is 29.7. The van der Waals surface area contributed by atoms with Crippen LogP contribution in [0.15, 0.2) is 24.3 Å². The molecule has 0 aromatic heterocycles. The molecule has 0 spiro atoms. The summed E-state index contributed by atoms with van der Waals surface area (Å²) < 4.78 is 3.87. The molecule has 1 N–H and O–H groups in total. The Labute approximate surface area is 132 Å². The summed E-state index contributed by atoms with van der Waals surface area (Å²) in [6, 6.07) is 0. The van der Waals surface area contributed by atoms with E-state index in [0.717, 1.165) is 0 Å². The Kier molecular flexibility index (Phi) is 1.73. The van der Waals surface area contributed by atoms with Gasteiger partial charge < -0.3 is 0 Å². The van der Waals surface area contributed by atoms with Crippen molar-refractivity contribution in [1.82, 2.24) is 3.80 Å². The van der Waals surface area contributed by atoms with E-state index >= 15 is 0 Å². The minimum absolute atomic E-state index is 0.148. The molecule has 1 rings (SSSR count). The summed E-state index contributed by atoms with van der Waals surface area (Å²) >= 11 is 0. The van der Waals surface area contributed by atoms with E-state index in [0.29, 0.717) is 0 Å². The van der Waals surface area contributed by atoms with Crippen LogP contribution >= 0.6 is 18.6 Å². The van der Waals surface area contributed by atoms with Crippen molar-refractivity contribution in [2.24, 2.45) is 0 Å². The maximum atomic E-state index is 8.49. The minimum atomic E-state index is -7.02. The summed E-state index contributed by atoms with van der Waals surface area (Å²) in [5.41, 5.74) is -0.283. The van der Waals surface area contributed by atoms with Gasteiger partial charge in [-0.25, -0.2) is 0 Å². The number of hydrogen-bond donors (Lipinski definition) is 1. The zero-order valence-corrected chi connectivity index (χ0v) is 20.9. The van der Waals surface area contributed by atoms with Gasteiger partial charge in [0.2, 0.25) is 0 Å². The number of rotatable bonds is 3. The topological polar surface area (TPSA) is 12.0 Å². The second-order valence-electron chi connectivity index (χ2n) is 20.7. The van der Waals surface area contributed by atoms with E-state index in [1.165, 1.54) is 0 Å². The van der Waals surface area contributed by atoms with Crippen LogP contribution in [0.1, 0.15) is 20.8 Å². The third kappa shape index (κ3) is 2.24. The first-order valence-electron chi connectivity index (χ1n) is 8.78. The molecule has 0 radical (unpaired) electrons. The predicted molar refractivity (Wildman–Crippen MR) is 111 cm³/mol. The summed E-state index contributed by atoms with van der Waals surface area (Å²) in [7, 11) is 17.0. The second-order valence-corrected chi connectivity index (χ2v) is 128. The quantitative estimate of drug-likeness (QED) is 0.475. The van der Waals surface area contributed by atoms with Crippen molar-refractivity contribution in [2.75, 3.05) is 0 Å². The van der Waals surface area contributed by atoms with E-state index in [2.05, 4.69) is 93.3 Å². The average Bonchev–Trinajstić information content (AvgIpc) is 2.45. The van der Waals surface area contributed by atoms with Gasteiger partial charge in [-0.05, 0) is 0 Å². The third-order valence-electron chi connectivity index (χ3n) is 9.25. The van der Waals surface area contributed by atoms with Gasteiger partial charge in [0, 0.05) is 0 Å². The van der Waals surface area contributed by atoms with Gasteiger partial charge in [0.05, 0.1) is 0 Å². The molecule has 0 aromatic carbocycles. The Morgan fingerprint density at radius 3 is 1.41 bits per heavy atom. The van der Waals surface area contributed by atoms with Gasteiger partial charge in [0.1, 0.15) is 0 Å². The van der Waals surface area contributed by atoms with Gasteiger partial charge in [0.25, 0.3) is 0 Å². The molecule has 0 bridgehead atoms. The molecule has 0 saturated heterocycles. The van der Waals surface area contributed by atoms with Gasteiger partial charge in [0.15, 0.2) is 0 Å². The van der Waals surface area contributed by atoms with E-state index < -0.39 is 11.7 Å². The van der Waals surface area contributed by atoms with Crippen LogP contribution in [0.25, 0.3) is 0 Å². The molecule has 0 atom stereocenters. The Morgan fingerprint density at radius 1 is 0.864 bits per heavy atom. The van der Waals surface area contributed by atoms with Crippen molar-refractivity contribution in [2.45, 2.75) is 75.0 Å². The van der Waals surface area contributed by atoms with Gasteiger partial charge in [-0.1, -0.05) is 0 Å². The van der Waals surface area contributed by atoms with Crippen LogP contribution < -0.4 is 3.80 Å². The van der Waals surface area contributed by atoms with Crippen LogP contribution in [-0.2, 0) is 5.00 Å². The molecule has 5 heteroatoms. The molecule has 22 heavy (non-hydrogen) atoms. The molecule has 1 aliphatic rings. The van der Waals surface area contributed by atoms with E-state index in [9.17, 15) is 0 Å². The number of nitrogens with one attached hydrogen (secondary N) is 1. The number of hydrogen-bond acceptors (Lipinski definition) is 1. The summed E-state index contributed by atoms with van der Waals surface area (Å²) in [6.45, 7) is 9.11. The Hall–Kier alpha value is 0.951. The van der Waals surface area contributed by atoms with Gasteiger partial charge in [-0.15, -0.1) is 0 Å². The fraction of sp³-hybridized carbons (Fsp3) is 0.765. The van der Waals surface area contributed by atoms with Crippen LogP contribution in [0.2, 0.25) is 48.7 Å². The monoisotopic (exact) mass is 404 g/mol. The van der Waals surface area contributed by atoms with Crippen molar-refractivity contribution < 1.29 is 5.00 Å². The van der Waals surface area contributed by atoms with Crippen molar-refractivity contribution in [1.29, 1.82) is 0 Å². The molecule has 0 amide bonds. The first kappa shape index (κ1) is 21.0. The fourth-order valence-corrected chi connectivity index (χ4v) is 32.4. The standard InChI is InChI=1S/C5H5.C4H10N.C2H7Si.6CH3.2ClH.Ti/c1-2-4-5-3-1;1-4(2,3)5;1-3-2;;;;;;;;;/h1-5H;5H,1-3H3;3H,1-2H3;6*1H3;2*1H;/q;-1;;;;;;;;;;+3/p-2. The van der Waals surface area contributed by atoms with Gasteiger partial charge >= 0.3 is 133 Å². The molecule has 0 fully saturated rings. The van der Waals surface area contributed by atoms with E-state index in [1.54, 1.807) is 0 Å². The zero-order valence-electron chi connectivity index (χ0n) is 16.7. The molecule has 0 aromatic rings. The Bertz CT molecular complexity index is 769. The van der Waals surface area contributed by atoms with E-state index in [1.807, 2.05) is 0 Å². The summed E-state index contributed by atoms with van der Waals surface area (Å²) in [6.07, 6.45) is 8.50. The van der Waals surface area contributed by atoms with Crippen LogP contribution in [0, 0.1) is 0 Å². The number of halogens is 2. The molecule has 1 aliphatic carbocycles. The summed E-state index contributed by atoms with van der Waals surface area (Å²) in [4.78, 5) is 0. The first-order chi connectivity index (χ1) is 8.30. The normalized spacial score (nSPS) is 33.1. The SMILES string of the molecule is C[SiH](C)[Ti]([CH3])([CH3])([CH3])([CH3])([CH3])([CH3])([Cl])([Cl])([NH]C(C)(C)C)[CH]1C=CC=C1. The molecular weight excluding hydrogens is 365 g/mol. The molecule has 0 saturated carbocycles. The Balaban J connectivity index is 4.73. The van der Waals surface area contributed by atoms with Crippen LogP contribution in [0.3, 0.4) is 0 Å². The predicted octanol–water partition coefficient (Wildman–Crippen LogP) is 7.69. The molecule has 0 aliphatic heterocycles. The van der Waals surface area contributed by atoms with E-state index in [-0.39, 0.29) is 9.76 Å².